The van der Waals surface area contributed by atoms with Crippen molar-refractivity contribution in [1.29, 1.82) is 0 Å². The summed E-state index contributed by atoms with van der Waals surface area (Å²) in [4.78, 5) is 2.34. The Morgan fingerprint density at radius 2 is 1.80 bits per heavy atom. The van der Waals surface area contributed by atoms with Crippen LogP contribution in [0.2, 0.25) is 0 Å². The fourth-order valence-electron chi connectivity index (χ4n) is 3.49. The van der Waals surface area contributed by atoms with Crippen molar-refractivity contribution in [2.45, 2.75) is 51.6 Å². The first-order valence-electron chi connectivity index (χ1n) is 7.99. The van der Waals surface area contributed by atoms with E-state index < -0.39 is 0 Å². The molecule has 2 heteroatoms. The average Bonchev–Trinajstić information content (AvgIpc) is 2.41. The predicted octanol–water partition coefficient (Wildman–Crippen LogP) is 3.80. The quantitative estimate of drug-likeness (QED) is 0.878. The standard InChI is InChI=1S/C18H30N2/c1-13(2)18(20(4)5)12-19-17-11-10-14(3)15-8-6-7-9-16(15)17/h6-9,13-14,17-19H,10-12H2,1-5H3. The van der Waals surface area contributed by atoms with Crippen molar-refractivity contribution in [3.8, 4) is 0 Å². The second-order valence-electron chi connectivity index (χ2n) is 6.84. The normalized spacial score (nSPS) is 23.9. The van der Waals surface area contributed by atoms with Crippen molar-refractivity contribution in [1.82, 2.24) is 10.2 Å². The molecular formula is C18H30N2. The van der Waals surface area contributed by atoms with Crippen molar-refractivity contribution in [3.05, 3.63) is 35.4 Å². The van der Waals surface area contributed by atoms with Crippen molar-refractivity contribution < 1.29 is 0 Å². The molecule has 112 valence electrons. The summed E-state index contributed by atoms with van der Waals surface area (Å²) in [5, 5.41) is 3.82. The van der Waals surface area contributed by atoms with Crippen LogP contribution in [0.3, 0.4) is 0 Å². The van der Waals surface area contributed by atoms with Gasteiger partial charge in [-0.15, -0.1) is 0 Å². The van der Waals surface area contributed by atoms with Gasteiger partial charge < -0.3 is 10.2 Å². The van der Waals surface area contributed by atoms with Gasteiger partial charge in [-0.2, -0.15) is 0 Å². The molecule has 0 aliphatic heterocycles. The lowest BCUT2D eigenvalue weighted by atomic mass is 9.81. The number of fused-ring (bicyclic) bond motifs is 1. The van der Waals surface area contributed by atoms with Gasteiger partial charge >= 0.3 is 0 Å². The van der Waals surface area contributed by atoms with Crippen LogP contribution in [0.5, 0.6) is 0 Å². The Kier molecular flexibility index (Phi) is 5.22. The van der Waals surface area contributed by atoms with Gasteiger partial charge in [0, 0.05) is 18.6 Å². The van der Waals surface area contributed by atoms with Crippen molar-refractivity contribution in [2.75, 3.05) is 20.6 Å². The molecule has 0 radical (unpaired) electrons. The number of benzene rings is 1. The summed E-state index contributed by atoms with van der Waals surface area (Å²) in [7, 11) is 4.37. The van der Waals surface area contributed by atoms with Gasteiger partial charge in [0.05, 0.1) is 0 Å². The number of nitrogens with one attached hydrogen (secondary N) is 1. The molecule has 0 bridgehead atoms. The van der Waals surface area contributed by atoms with E-state index in [1.807, 2.05) is 0 Å². The highest BCUT2D eigenvalue weighted by Gasteiger charge is 2.25. The van der Waals surface area contributed by atoms with Gasteiger partial charge in [0.2, 0.25) is 0 Å². The van der Waals surface area contributed by atoms with E-state index in [2.05, 4.69) is 69.3 Å². The number of nitrogens with zero attached hydrogens (tertiary/aromatic N) is 1. The van der Waals surface area contributed by atoms with Gasteiger partial charge in [-0.05, 0) is 49.9 Å². The minimum absolute atomic E-state index is 0.531. The predicted molar refractivity (Wildman–Crippen MR) is 87.1 cm³/mol. The van der Waals surface area contributed by atoms with Crippen LogP contribution < -0.4 is 5.32 Å². The van der Waals surface area contributed by atoms with E-state index in [4.69, 9.17) is 0 Å². The SMILES string of the molecule is CC1CCC(NCC(C(C)C)N(C)C)c2ccccc21. The molecule has 1 aliphatic carbocycles. The minimum Gasteiger partial charge on any atom is -0.308 e. The number of hydrogen-bond donors (Lipinski definition) is 1. The van der Waals surface area contributed by atoms with Gasteiger partial charge in [0.25, 0.3) is 0 Å². The zero-order valence-electron chi connectivity index (χ0n) is 13.7. The van der Waals surface area contributed by atoms with E-state index in [0.717, 1.165) is 6.54 Å². The van der Waals surface area contributed by atoms with Crippen molar-refractivity contribution in [3.63, 3.8) is 0 Å². The van der Waals surface area contributed by atoms with E-state index in [1.54, 1.807) is 5.56 Å². The Hall–Kier alpha value is -0.860. The highest BCUT2D eigenvalue weighted by molar-refractivity contribution is 5.34. The lowest BCUT2D eigenvalue weighted by molar-refractivity contribution is 0.215. The zero-order chi connectivity index (χ0) is 14.7. The van der Waals surface area contributed by atoms with E-state index in [0.29, 0.717) is 23.9 Å². The van der Waals surface area contributed by atoms with E-state index in [-0.39, 0.29) is 0 Å². The number of hydrogen-bond acceptors (Lipinski definition) is 2. The molecule has 0 heterocycles. The Morgan fingerprint density at radius 1 is 1.15 bits per heavy atom. The molecular weight excluding hydrogens is 244 g/mol. The number of rotatable bonds is 5. The van der Waals surface area contributed by atoms with Gasteiger partial charge in [-0.1, -0.05) is 45.0 Å². The summed E-state index contributed by atoms with van der Waals surface area (Å²) < 4.78 is 0. The maximum absolute atomic E-state index is 3.82. The van der Waals surface area contributed by atoms with Crippen LogP contribution in [0.25, 0.3) is 0 Å². The molecule has 20 heavy (non-hydrogen) atoms. The molecule has 2 nitrogen and oxygen atoms in total. The molecule has 0 aromatic heterocycles. The summed E-state index contributed by atoms with van der Waals surface area (Å²) in [6, 6.07) is 10.1. The van der Waals surface area contributed by atoms with E-state index >= 15 is 0 Å². The third kappa shape index (κ3) is 3.42. The summed E-state index contributed by atoms with van der Waals surface area (Å²) in [5.41, 5.74) is 3.06. The summed E-state index contributed by atoms with van der Waals surface area (Å²) in [5.74, 6) is 1.38. The fourth-order valence-corrected chi connectivity index (χ4v) is 3.49. The molecule has 0 amide bonds. The van der Waals surface area contributed by atoms with Gasteiger partial charge in [0.1, 0.15) is 0 Å². The topological polar surface area (TPSA) is 15.3 Å². The van der Waals surface area contributed by atoms with Gasteiger partial charge in [0.15, 0.2) is 0 Å². The first-order valence-corrected chi connectivity index (χ1v) is 7.99. The summed E-state index contributed by atoms with van der Waals surface area (Å²) in [6.45, 7) is 8.04. The molecule has 0 saturated carbocycles. The Labute approximate surface area is 124 Å². The molecule has 0 saturated heterocycles. The minimum atomic E-state index is 0.531. The molecule has 0 fully saturated rings. The molecule has 0 spiro atoms. The van der Waals surface area contributed by atoms with Gasteiger partial charge in [-0.25, -0.2) is 0 Å². The zero-order valence-corrected chi connectivity index (χ0v) is 13.7. The largest absolute Gasteiger partial charge is 0.308 e. The van der Waals surface area contributed by atoms with E-state index in [9.17, 15) is 0 Å². The van der Waals surface area contributed by atoms with Crippen LogP contribution in [-0.2, 0) is 0 Å². The summed E-state index contributed by atoms with van der Waals surface area (Å²) >= 11 is 0. The van der Waals surface area contributed by atoms with E-state index in [1.165, 1.54) is 18.4 Å². The van der Waals surface area contributed by atoms with Gasteiger partial charge in [-0.3, -0.25) is 0 Å². The second-order valence-corrected chi connectivity index (χ2v) is 6.84. The third-order valence-corrected chi connectivity index (χ3v) is 4.80. The lowest BCUT2D eigenvalue weighted by Crippen LogP contribution is -2.43. The molecule has 1 aliphatic rings. The lowest BCUT2D eigenvalue weighted by Gasteiger charge is -2.34. The maximum Gasteiger partial charge on any atom is 0.0323 e. The van der Waals surface area contributed by atoms with Crippen LogP contribution in [0.4, 0.5) is 0 Å². The highest BCUT2D eigenvalue weighted by atomic mass is 15.1. The molecule has 3 atom stereocenters. The smallest absolute Gasteiger partial charge is 0.0323 e. The van der Waals surface area contributed by atoms with Crippen LogP contribution in [-0.4, -0.2) is 31.6 Å². The van der Waals surface area contributed by atoms with Crippen LogP contribution in [0.1, 0.15) is 56.7 Å². The first-order chi connectivity index (χ1) is 9.50. The molecule has 1 aromatic carbocycles. The van der Waals surface area contributed by atoms with Crippen LogP contribution >= 0.6 is 0 Å². The molecule has 1 aromatic rings. The monoisotopic (exact) mass is 274 g/mol. The Morgan fingerprint density at radius 3 is 2.40 bits per heavy atom. The highest BCUT2D eigenvalue weighted by Crippen LogP contribution is 2.36. The van der Waals surface area contributed by atoms with Crippen LogP contribution in [0, 0.1) is 5.92 Å². The molecule has 1 N–H and O–H groups in total. The Bertz CT molecular complexity index is 417. The second kappa shape index (κ2) is 6.73. The first kappa shape index (κ1) is 15.5. The van der Waals surface area contributed by atoms with Crippen LogP contribution in [0.15, 0.2) is 24.3 Å². The number of likely N-dealkylation sites (N-methyl/N-ethyl adjacent to an activating group) is 1. The summed E-state index contributed by atoms with van der Waals surface area (Å²) in [6.07, 6.45) is 2.55. The molecule has 2 rings (SSSR count). The average molecular weight is 274 g/mol. The van der Waals surface area contributed by atoms with Crippen molar-refractivity contribution >= 4 is 0 Å². The third-order valence-electron chi connectivity index (χ3n) is 4.80. The van der Waals surface area contributed by atoms with Crippen molar-refractivity contribution in [2.24, 2.45) is 5.92 Å². The maximum atomic E-state index is 3.82. The fraction of sp³-hybridized carbons (Fsp3) is 0.667. The Balaban J connectivity index is 2.06. The molecule has 3 unspecified atom stereocenters.